The molecule has 2 aliphatic heterocycles. The number of hydrogen-bond acceptors (Lipinski definition) is 6. The van der Waals surface area contributed by atoms with Gasteiger partial charge in [-0.3, -0.25) is 4.79 Å². The third-order valence-corrected chi connectivity index (χ3v) is 3.88. The van der Waals surface area contributed by atoms with E-state index in [9.17, 15) is 19.2 Å². The van der Waals surface area contributed by atoms with Gasteiger partial charge in [0.25, 0.3) is 0 Å². The van der Waals surface area contributed by atoms with Gasteiger partial charge in [0.2, 0.25) is 0 Å². The number of cyclic esters (lactones) is 4. The zero-order chi connectivity index (χ0) is 16.1. The Hall–Kier alpha value is -3.28. The molecule has 2 aromatic rings. The smallest absolute Gasteiger partial charge is 0.346 e. The standard InChI is InChI=1S/C17H8O6/c18-14-7-12-9(2-1-3-10(12)15(19)22-14)8-4-5-11-13(6-8)17(21)23-16(11)20/h1-6H,7H2. The molecule has 0 unspecified atom stereocenters. The molecule has 2 aliphatic rings. The van der Waals surface area contributed by atoms with Crippen molar-refractivity contribution in [3.05, 3.63) is 58.7 Å². The average Bonchev–Trinajstić information content (AvgIpc) is 2.81. The average molecular weight is 308 g/mol. The van der Waals surface area contributed by atoms with Crippen LogP contribution >= 0.6 is 0 Å². The second kappa shape index (κ2) is 4.61. The molecule has 112 valence electrons. The van der Waals surface area contributed by atoms with Crippen molar-refractivity contribution >= 4 is 23.9 Å². The van der Waals surface area contributed by atoms with Crippen LogP contribution in [0.15, 0.2) is 36.4 Å². The van der Waals surface area contributed by atoms with Crippen LogP contribution in [0.4, 0.5) is 0 Å². The third-order valence-electron chi connectivity index (χ3n) is 3.88. The van der Waals surface area contributed by atoms with Gasteiger partial charge in [0.05, 0.1) is 23.1 Å². The van der Waals surface area contributed by atoms with Crippen LogP contribution in [0, 0.1) is 0 Å². The third kappa shape index (κ3) is 1.96. The molecule has 0 saturated carbocycles. The SMILES string of the molecule is O=C1Cc2c(cccc2-c2ccc3c(c2)C(=O)OC3=O)C(=O)O1. The highest BCUT2D eigenvalue weighted by atomic mass is 16.6. The van der Waals surface area contributed by atoms with E-state index in [4.69, 9.17) is 0 Å². The lowest BCUT2D eigenvalue weighted by Crippen LogP contribution is -2.23. The topological polar surface area (TPSA) is 86.7 Å². The first-order valence-electron chi connectivity index (χ1n) is 6.82. The second-order valence-electron chi connectivity index (χ2n) is 5.21. The Morgan fingerprint density at radius 3 is 2.22 bits per heavy atom. The summed E-state index contributed by atoms with van der Waals surface area (Å²) in [4.78, 5) is 46.5. The Morgan fingerprint density at radius 2 is 1.39 bits per heavy atom. The molecule has 0 atom stereocenters. The van der Waals surface area contributed by atoms with E-state index in [0.717, 1.165) is 0 Å². The number of esters is 4. The molecule has 0 spiro atoms. The predicted molar refractivity (Wildman–Crippen MR) is 75.8 cm³/mol. The maximum Gasteiger partial charge on any atom is 0.346 e. The minimum atomic E-state index is -0.702. The van der Waals surface area contributed by atoms with Crippen LogP contribution in [0.5, 0.6) is 0 Å². The summed E-state index contributed by atoms with van der Waals surface area (Å²) in [7, 11) is 0. The Balaban J connectivity index is 1.90. The van der Waals surface area contributed by atoms with Crippen LogP contribution in [-0.4, -0.2) is 23.9 Å². The maximum absolute atomic E-state index is 11.8. The molecule has 0 radical (unpaired) electrons. The van der Waals surface area contributed by atoms with Crippen LogP contribution in [-0.2, 0) is 20.7 Å². The van der Waals surface area contributed by atoms with Crippen molar-refractivity contribution in [2.24, 2.45) is 0 Å². The van der Waals surface area contributed by atoms with E-state index < -0.39 is 23.9 Å². The largest absolute Gasteiger partial charge is 0.389 e. The van der Waals surface area contributed by atoms with E-state index in [1.807, 2.05) is 0 Å². The van der Waals surface area contributed by atoms with Gasteiger partial charge in [0, 0.05) is 0 Å². The van der Waals surface area contributed by atoms with Gasteiger partial charge in [-0.2, -0.15) is 0 Å². The number of hydrogen-bond donors (Lipinski definition) is 0. The Bertz CT molecular complexity index is 925. The second-order valence-corrected chi connectivity index (χ2v) is 5.21. The van der Waals surface area contributed by atoms with E-state index in [2.05, 4.69) is 9.47 Å². The molecule has 0 saturated heterocycles. The zero-order valence-electron chi connectivity index (χ0n) is 11.6. The lowest BCUT2D eigenvalue weighted by molar-refractivity contribution is -0.137. The summed E-state index contributed by atoms with van der Waals surface area (Å²) in [5.74, 6) is -2.68. The van der Waals surface area contributed by atoms with E-state index >= 15 is 0 Å². The normalized spacial score (nSPS) is 15.8. The van der Waals surface area contributed by atoms with Gasteiger partial charge < -0.3 is 9.47 Å². The van der Waals surface area contributed by atoms with Gasteiger partial charge in [0.15, 0.2) is 0 Å². The molecule has 0 aromatic heterocycles. The molecule has 0 N–H and O–H groups in total. The Labute approximate surface area is 129 Å². The minimum Gasteiger partial charge on any atom is -0.389 e. The van der Waals surface area contributed by atoms with E-state index in [1.165, 1.54) is 12.1 Å². The van der Waals surface area contributed by atoms with Crippen molar-refractivity contribution < 1.29 is 28.7 Å². The molecule has 0 fully saturated rings. The lowest BCUT2D eigenvalue weighted by atomic mass is 9.91. The van der Waals surface area contributed by atoms with E-state index in [1.54, 1.807) is 24.3 Å². The minimum absolute atomic E-state index is 0.0301. The summed E-state index contributed by atoms with van der Waals surface area (Å²) < 4.78 is 9.18. The predicted octanol–water partition coefficient (Wildman–Crippen LogP) is 1.90. The molecule has 0 bridgehead atoms. The molecule has 0 amide bonds. The quantitative estimate of drug-likeness (QED) is 0.591. The van der Waals surface area contributed by atoms with Gasteiger partial charge >= 0.3 is 23.9 Å². The van der Waals surface area contributed by atoms with Gasteiger partial charge in [-0.25, -0.2) is 14.4 Å². The van der Waals surface area contributed by atoms with Gasteiger partial charge in [-0.05, 0) is 34.9 Å². The molecule has 23 heavy (non-hydrogen) atoms. The summed E-state index contributed by atoms with van der Waals surface area (Å²) in [6, 6.07) is 9.68. The molecular formula is C17H8O6. The van der Waals surface area contributed by atoms with Gasteiger partial charge in [-0.15, -0.1) is 0 Å². The number of benzene rings is 2. The highest BCUT2D eigenvalue weighted by Crippen LogP contribution is 2.32. The number of ether oxygens (including phenoxy) is 2. The monoisotopic (exact) mass is 308 g/mol. The number of fused-ring (bicyclic) bond motifs is 2. The molecule has 6 nitrogen and oxygen atoms in total. The Morgan fingerprint density at radius 1 is 0.696 bits per heavy atom. The van der Waals surface area contributed by atoms with Gasteiger partial charge in [-0.1, -0.05) is 18.2 Å². The van der Waals surface area contributed by atoms with Crippen molar-refractivity contribution in [3.63, 3.8) is 0 Å². The zero-order valence-corrected chi connectivity index (χ0v) is 11.6. The summed E-state index contributed by atoms with van der Waals surface area (Å²) >= 11 is 0. The maximum atomic E-state index is 11.8. The number of carbonyl (C=O) groups excluding carboxylic acids is 4. The summed E-state index contributed by atoms with van der Waals surface area (Å²) in [6.45, 7) is 0. The van der Waals surface area contributed by atoms with Gasteiger partial charge in [0.1, 0.15) is 0 Å². The summed E-state index contributed by atoms with van der Waals surface area (Å²) in [5, 5.41) is 0. The Kier molecular flexibility index (Phi) is 2.68. The molecule has 6 heteroatoms. The van der Waals surface area contributed by atoms with Crippen molar-refractivity contribution in [2.45, 2.75) is 6.42 Å². The van der Waals surface area contributed by atoms with Crippen molar-refractivity contribution in [1.29, 1.82) is 0 Å². The molecule has 2 aromatic carbocycles. The van der Waals surface area contributed by atoms with Crippen LogP contribution in [0.1, 0.15) is 36.6 Å². The fourth-order valence-corrected chi connectivity index (χ4v) is 2.83. The van der Waals surface area contributed by atoms with Crippen molar-refractivity contribution in [3.8, 4) is 11.1 Å². The highest BCUT2D eigenvalue weighted by Gasteiger charge is 2.31. The summed E-state index contributed by atoms with van der Waals surface area (Å²) in [5.41, 5.74) is 2.51. The lowest BCUT2D eigenvalue weighted by Gasteiger charge is -2.17. The fraction of sp³-hybridized carbons (Fsp3) is 0.0588. The molecule has 4 rings (SSSR count). The first-order chi connectivity index (χ1) is 11.0. The van der Waals surface area contributed by atoms with Crippen molar-refractivity contribution in [2.75, 3.05) is 0 Å². The van der Waals surface area contributed by atoms with E-state index in [-0.39, 0.29) is 17.5 Å². The van der Waals surface area contributed by atoms with E-state index in [0.29, 0.717) is 22.3 Å². The molecule has 0 aliphatic carbocycles. The van der Waals surface area contributed by atoms with Crippen LogP contribution < -0.4 is 0 Å². The van der Waals surface area contributed by atoms with Crippen LogP contribution in [0.3, 0.4) is 0 Å². The van der Waals surface area contributed by atoms with Crippen molar-refractivity contribution in [1.82, 2.24) is 0 Å². The number of carbonyl (C=O) groups is 4. The molecular weight excluding hydrogens is 300 g/mol. The summed E-state index contributed by atoms with van der Waals surface area (Å²) in [6.07, 6.45) is -0.0301. The first-order valence-corrected chi connectivity index (χ1v) is 6.82. The van der Waals surface area contributed by atoms with Crippen LogP contribution in [0.25, 0.3) is 11.1 Å². The van der Waals surface area contributed by atoms with Crippen LogP contribution in [0.2, 0.25) is 0 Å². The fourth-order valence-electron chi connectivity index (χ4n) is 2.83. The highest BCUT2D eigenvalue weighted by molar-refractivity contribution is 6.15. The molecule has 2 heterocycles. The first kappa shape index (κ1) is 13.4. The number of rotatable bonds is 1.